The van der Waals surface area contributed by atoms with E-state index in [2.05, 4.69) is 10.3 Å². The predicted molar refractivity (Wildman–Crippen MR) is 78.1 cm³/mol. The van der Waals surface area contributed by atoms with Crippen molar-refractivity contribution in [3.05, 3.63) is 24.0 Å². The Kier molecular flexibility index (Phi) is 7.60. The second-order valence-electron chi connectivity index (χ2n) is 4.24. The Morgan fingerprint density at radius 2 is 1.95 bits per heavy atom. The number of nitrogens with one attached hydrogen (secondary N) is 1. The first-order valence-corrected chi connectivity index (χ1v) is 6.70. The molecule has 0 aliphatic heterocycles. The second kappa shape index (κ2) is 9.28. The maximum atomic E-state index is 12.4. The number of carbonyl (C=O) groups excluding carboxylic acids is 1. The van der Waals surface area contributed by atoms with Crippen molar-refractivity contribution in [2.75, 3.05) is 52.4 Å². The number of amides is 1. The van der Waals surface area contributed by atoms with Crippen molar-refractivity contribution in [2.45, 2.75) is 6.92 Å². The van der Waals surface area contributed by atoms with Gasteiger partial charge in [0.2, 0.25) is 0 Å². The van der Waals surface area contributed by atoms with Crippen LogP contribution in [0.4, 0.5) is 5.69 Å². The molecule has 112 valence electrons. The summed E-state index contributed by atoms with van der Waals surface area (Å²) in [6, 6.07) is 3.60. The maximum Gasteiger partial charge on any atom is 0.272 e. The molecule has 0 aromatic carbocycles. The summed E-state index contributed by atoms with van der Waals surface area (Å²) in [6.07, 6.45) is 1.63. The summed E-state index contributed by atoms with van der Waals surface area (Å²) in [5.74, 6) is -0.112. The van der Waals surface area contributed by atoms with Crippen LogP contribution < -0.4 is 5.32 Å². The molecule has 0 atom stereocenters. The molecular formula is C14H23N3O3. The summed E-state index contributed by atoms with van der Waals surface area (Å²) in [5, 5.41) is 3.17. The van der Waals surface area contributed by atoms with Gasteiger partial charge < -0.3 is 19.7 Å². The smallest absolute Gasteiger partial charge is 0.272 e. The molecule has 0 radical (unpaired) electrons. The van der Waals surface area contributed by atoms with Gasteiger partial charge in [-0.25, -0.2) is 0 Å². The Bertz CT molecular complexity index is 404. The van der Waals surface area contributed by atoms with Crippen molar-refractivity contribution in [1.29, 1.82) is 0 Å². The lowest BCUT2D eigenvalue weighted by Crippen LogP contribution is -2.37. The molecule has 1 rings (SSSR count). The molecule has 0 aliphatic carbocycles. The van der Waals surface area contributed by atoms with Gasteiger partial charge in [0, 0.05) is 45.7 Å². The summed E-state index contributed by atoms with van der Waals surface area (Å²) >= 11 is 0. The van der Waals surface area contributed by atoms with E-state index in [0.717, 1.165) is 12.2 Å². The number of nitrogens with zero attached hydrogens (tertiary/aromatic N) is 2. The van der Waals surface area contributed by atoms with Crippen molar-refractivity contribution in [3.8, 4) is 0 Å². The lowest BCUT2D eigenvalue weighted by molar-refractivity contribution is 0.0622. The van der Waals surface area contributed by atoms with E-state index in [0.29, 0.717) is 32.0 Å². The molecule has 1 aromatic heterocycles. The molecule has 6 nitrogen and oxygen atoms in total. The van der Waals surface area contributed by atoms with Crippen LogP contribution in [0.25, 0.3) is 0 Å². The van der Waals surface area contributed by atoms with Gasteiger partial charge >= 0.3 is 0 Å². The third-order valence-corrected chi connectivity index (χ3v) is 2.78. The van der Waals surface area contributed by atoms with Crippen LogP contribution in [0.15, 0.2) is 18.3 Å². The Hall–Kier alpha value is -1.66. The zero-order valence-electron chi connectivity index (χ0n) is 12.4. The van der Waals surface area contributed by atoms with Crippen LogP contribution >= 0.6 is 0 Å². The molecule has 0 saturated carbocycles. The van der Waals surface area contributed by atoms with Gasteiger partial charge in [0.25, 0.3) is 5.91 Å². The highest BCUT2D eigenvalue weighted by atomic mass is 16.5. The number of hydrogen-bond acceptors (Lipinski definition) is 5. The largest absolute Gasteiger partial charge is 0.385 e. The summed E-state index contributed by atoms with van der Waals surface area (Å²) < 4.78 is 10.1. The van der Waals surface area contributed by atoms with Crippen molar-refractivity contribution in [3.63, 3.8) is 0 Å². The average Bonchev–Trinajstić information content (AvgIpc) is 2.47. The molecule has 1 aromatic rings. The molecule has 1 amide bonds. The topological polar surface area (TPSA) is 63.7 Å². The third kappa shape index (κ3) is 5.14. The van der Waals surface area contributed by atoms with Gasteiger partial charge in [-0.05, 0) is 19.1 Å². The number of pyridine rings is 1. The van der Waals surface area contributed by atoms with Crippen LogP contribution in [-0.2, 0) is 9.47 Å². The second-order valence-corrected chi connectivity index (χ2v) is 4.24. The van der Waals surface area contributed by atoms with Crippen LogP contribution in [0.3, 0.4) is 0 Å². The number of anilines is 1. The van der Waals surface area contributed by atoms with Crippen molar-refractivity contribution < 1.29 is 14.3 Å². The van der Waals surface area contributed by atoms with E-state index in [1.807, 2.05) is 13.0 Å². The molecule has 1 heterocycles. The number of rotatable bonds is 9. The third-order valence-electron chi connectivity index (χ3n) is 2.78. The van der Waals surface area contributed by atoms with Gasteiger partial charge in [0.05, 0.1) is 13.2 Å². The fourth-order valence-corrected chi connectivity index (χ4v) is 1.74. The minimum atomic E-state index is -0.112. The number of carbonyl (C=O) groups is 1. The van der Waals surface area contributed by atoms with E-state index in [-0.39, 0.29) is 5.91 Å². The Balaban J connectivity index is 2.78. The highest BCUT2D eigenvalue weighted by Gasteiger charge is 2.16. The van der Waals surface area contributed by atoms with Crippen molar-refractivity contribution in [1.82, 2.24) is 9.88 Å². The van der Waals surface area contributed by atoms with E-state index in [4.69, 9.17) is 9.47 Å². The SMILES string of the molecule is CCNc1ccnc(C(=O)N(CCOC)CCOC)c1. The first kappa shape index (κ1) is 16.4. The van der Waals surface area contributed by atoms with Crippen LogP contribution in [0, 0.1) is 0 Å². The molecule has 6 heteroatoms. The van der Waals surface area contributed by atoms with Crippen LogP contribution in [-0.4, -0.2) is 62.9 Å². The van der Waals surface area contributed by atoms with Gasteiger partial charge in [0.15, 0.2) is 0 Å². The minimum absolute atomic E-state index is 0.112. The van der Waals surface area contributed by atoms with Crippen LogP contribution in [0.5, 0.6) is 0 Å². The Morgan fingerprint density at radius 1 is 1.30 bits per heavy atom. The molecule has 20 heavy (non-hydrogen) atoms. The van der Waals surface area contributed by atoms with E-state index in [1.54, 1.807) is 31.4 Å². The number of aromatic nitrogens is 1. The van der Waals surface area contributed by atoms with E-state index >= 15 is 0 Å². The summed E-state index contributed by atoms with van der Waals surface area (Å²) in [5.41, 5.74) is 1.32. The zero-order chi connectivity index (χ0) is 14.8. The fraction of sp³-hybridized carbons (Fsp3) is 0.571. The van der Waals surface area contributed by atoms with E-state index < -0.39 is 0 Å². The highest BCUT2D eigenvalue weighted by molar-refractivity contribution is 5.93. The molecular weight excluding hydrogens is 258 g/mol. The normalized spacial score (nSPS) is 10.3. The van der Waals surface area contributed by atoms with Crippen LogP contribution in [0.1, 0.15) is 17.4 Å². The maximum absolute atomic E-state index is 12.4. The van der Waals surface area contributed by atoms with Gasteiger partial charge in [-0.2, -0.15) is 0 Å². The first-order chi connectivity index (χ1) is 9.72. The van der Waals surface area contributed by atoms with Crippen LogP contribution in [0.2, 0.25) is 0 Å². The zero-order valence-corrected chi connectivity index (χ0v) is 12.4. The van der Waals surface area contributed by atoms with Gasteiger partial charge in [-0.3, -0.25) is 9.78 Å². The molecule has 0 aliphatic rings. The molecule has 0 spiro atoms. The highest BCUT2D eigenvalue weighted by Crippen LogP contribution is 2.10. The molecule has 0 bridgehead atoms. The average molecular weight is 281 g/mol. The minimum Gasteiger partial charge on any atom is -0.385 e. The van der Waals surface area contributed by atoms with Crippen molar-refractivity contribution in [2.24, 2.45) is 0 Å². The Labute approximate surface area is 120 Å². The molecule has 1 N–H and O–H groups in total. The van der Waals surface area contributed by atoms with Gasteiger partial charge in [0.1, 0.15) is 5.69 Å². The number of methoxy groups -OCH3 is 2. The molecule has 0 fully saturated rings. The van der Waals surface area contributed by atoms with E-state index in [9.17, 15) is 4.79 Å². The van der Waals surface area contributed by atoms with Gasteiger partial charge in [-0.15, -0.1) is 0 Å². The van der Waals surface area contributed by atoms with Gasteiger partial charge in [-0.1, -0.05) is 0 Å². The first-order valence-electron chi connectivity index (χ1n) is 6.70. The van der Waals surface area contributed by atoms with E-state index in [1.165, 1.54) is 0 Å². The lowest BCUT2D eigenvalue weighted by atomic mass is 10.2. The van der Waals surface area contributed by atoms with Crippen molar-refractivity contribution >= 4 is 11.6 Å². The fourth-order valence-electron chi connectivity index (χ4n) is 1.74. The lowest BCUT2D eigenvalue weighted by Gasteiger charge is -2.21. The summed E-state index contributed by atoms with van der Waals surface area (Å²) in [6.45, 7) is 4.82. The quantitative estimate of drug-likeness (QED) is 0.738. The Morgan fingerprint density at radius 3 is 2.50 bits per heavy atom. The molecule has 0 unspecified atom stereocenters. The monoisotopic (exact) mass is 281 g/mol. The number of hydrogen-bond donors (Lipinski definition) is 1. The summed E-state index contributed by atoms with van der Waals surface area (Å²) in [7, 11) is 3.23. The standard InChI is InChI=1S/C14H23N3O3/c1-4-15-12-5-6-16-13(11-12)14(18)17(7-9-19-2)8-10-20-3/h5-6,11H,4,7-10H2,1-3H3,(H,15,16). The molecule has 0 saturated heterocycles. The predicted octanol–water partition coefficient (Wildman–Crippen LogP) is 1.25. The number of ether oxygens (including phenoxy) is 2. The summed E-state index contributed by atoms with van der Waals surface area (Å²) in [4.78, 5) is 18.3.